The van der Waals surface area contributed by atoms with Gasteiger partial charge in [-0.1, -0.05) is 60.7 Å². The lowest BCUT2D eigenvalue weighted by atomic mass is 10.0. The van der Waals surface area contributed by atoms with Crippen LogP contribution in [0.4, 0.5) is 5.69 Å². The van der Waals surface area contributed by atoms with Crippen LogP contribution >= 0.6 is 0 Å². The molecule has 3 aromatic rings. The Kier molecular flexibility index (Phi) is 6.36. The van der Waals surface area contributed by atoms with E-state index >= 15 is 0 Å². The van der Waals surface area contributed by atoms with Crippen LogP contribution in [0, 0.1) is 0 Å². The molecular formula is C27H26N2O3. The Labute approximate surface area is 188 Å². The van der Waals surface area contributed by atoms with E-state index in [2.05, 4.69) is 0 Å². The smallest absolute Gasteiger partial charge is 0.282 e. The molecule has 1 aliphatic rings. The van der Waals surface area contributed by atoms with Crippen molar-refractivity contribution in [3.63, 3.8) is 0 Å². The molecule has 0 saturated carbocycles. The fourth-order valence-corrected chi connectivity index (χ4v) is 3.92. The first-order valence-corrected chi connectivity index (χ1v) is 10.8. The van der Waals surface area contributed by atoms with Crippen LogP contribution < -0.4 is 9.64 Å². The van der Waals surface area contributed by atoms with Gasteiger partial charge in [0.2, 0.25) is 0 Å². The molecule has 32 heavy (non-hydrogen) atoms. The van der Waals surface area contributed by atoms with Crippen molar-refractivity contribution >= 4 is 23.1 Å². The summed E-state index contributed by atoms with van der Waals surface area (Å²) in [7, 11) is 0. The first kappa shape index (κ1) is 21.4. The van der Waals surface area contributed by atoms with Gasteiger partial charge in [0.25, 0.3) is 11.8 Å². The third-order valence-corrected chi connectivity index (χ3v) is 5.44. The van der Waals surface area contributed by atoms with Gasteiger partial charge in [0, 0.05) is 13.1 Å². The number of rotatable bonds is 8. The highest BCUT2D eigenvalue weighted by atomic mass is 16.5. The molecule has 0 aliphatic carbocycles. The summed E-state index contributed by atoms with van der Waals surface area (Å²) in [5.41, 5.74) is 3.21. The SMILES string of the molecule is CCOc1ccc(N2C(=O)C(c3ccccc3)=C(N(CC)Cc3ccccc3)C2=O)cc1. The van der Waals surface area contributed by atoms with Crippen LogP contribution in [-0.4, -0.2) is 29.9 Å². The molecule has 0 fully saturated rings. The molecule has 0 saturated heterocycles. The van der Waals surface area contributed by atoms with Crippen LogP contribution in [0.25, 0.3) is 5.57 Å². The Morgan fingerprint density at radius 3 is 2.00 bits per heavy atom. The highest BCUT2D eigenvalue weighted by Crippen LogP contribution is 2.35. The van der Waals surface area contributed by atoms with E-state index in [9.17, 15) is 9.59 Å². The van der Waals surface area contributed by atoms with Crippen LogP contribution in [0.3, 0.4) is 0 Å². The quantitative estimate of drug-likeness (QED) is 0.481. The molecule has 4 rings (SSSR count). The molecular weight excluding hydrogens is 400 g/mol. The Morgan fingerprint density at radius 1 is 0.781 bits per heavy atom. The van der Waals surface area contributed by atoms with Gasteiger partial charge in [-0.3, -0.25) is 9.59 Å². The van der Waals surface area contributed by atoms with Crippen molar-refractivity contribution in [2.75, 3.05) is 18.1 Å². The zero-order valence-corrected chi connectivity index (χ0v) is 18.3. The van der Waals surface area contributed by atoms with E-state index < -0.39 is 0 Å². The summed E-state index contributed by atoms with van der Waals surface area (Å²) >= 11 is 0. The standard InChI is InChI=1S/C27H26N2O3/c1-3-28(19-20-11-7-5-8-12-20)25-24(21-13-9-6-10-14-21)26(30)29(27(25)31)22-15-17-23(18-16-22)32-4-2/h5-18H,3-4,19H2,1-2H3. The molecule has 1 aliphatic heterocycles. The van der Waals surface area contributed by atoms with Crippen molar-refractivity contribution in [3.8, 4) is 5.75 Å². The minimum absolute atomic E-state index is 0.309. The van der Waals surface area contributed by atoms with Gasteiger partial charge in [-0.15, -0.1) is 0 Å². The van der Waals surface area contributed by atoms with Gasteiger partial charge in [-0.25, -0.2) is 4.90 Å². The highest BCUT2D eigenvalue weighted by Gasteiger charge is 2.42. The first-order valence-electron chi connectivity index (χ1n) is 10.8. The maximum atomic E-state index is 13.7. The van der Waals surface area contributed by atoms with E-state index in [1.807, 2.05) is 79.4 Å². The van der Waals surface area contributed by atoms with Crippen LogP contribution in [0.15, 0.2) is 90.6 Å². The van der Waals surface area contributed by atoms with E-state index in [4.69, 9.17) is 4.74 Å². The van der Waals surface area contributed by atoms with Crippen molar-refractivity contribution in [1.29, 1.82) is 0 Å². The maximum Gasteiger partial charge on any atom is 0.282 e. The third-order valence-electron chi connectivity index (χ3n) is 5.44. The van der Waals surface area contributed by atoms with E-state index in [1.165, 1.54) is 4.90 Å². The van der Waals surface area contributed by atoms with Gasteiger partial charge < -0.3 is 9.64 Å². The van der Waals surface area contributed by atoms with Crippen molar-refractivity contribution in [3.05, 3.63) is 102 Å². The van der Waals surface area contributed by atoms with Gasteiger partial charge in [-0.2, -0.15) is 0 Å². The Morgan fingerprint density at radius 2 is 1.41 bits per heavy atom. The fraction of sp³-hybridized carbons (Fsp3) is 0.185. The summed E-state index contributed by atoms with van der Waals surface area (Å²) in [4.78, 5) is 30.5. The van der Waals surface area contributed by atoms with Gasteiger partial charge in [0.05, 0.1) is 17.9 Å². The highest BCUT2D eigenvalue weighted by molar-refractivity contribution is 6.45. The maximum absolute atomic E-state index is 13.7. The topological polar surface area (TPSA) is 49.9 Å². The number of carbonyl (C=O) groups is 2. The summed E-state index contributed by atoms with van der Waals surface area (Å²) in [5, 5.41) is 0. The predicted octanol–water partition coefficient (Wildman–Crippen LogP) is 4.89. The van der Waals surface area contributed by atoms with Crippen LogP contribution in [0.1, 0.15) is 25.0 Å². The van der Waals surface area contributed by atoms with E-state index in [0.29, 0.717) is 42.4 Å². The largest absolute Gasteiger partial charge is 0.494 e. The number of anilines is 1. The average Bonchev–Trinajstić information content (AvgIpc) is 3.09. The summed E-state index contributed by atoms with van der Waals surface area (Å²) in [6.07, 6.45) is 0. The number of ether oxygens (including phenoxy) is 1. The molecule has 0 N–H and O–H groups in total. The lowest BCUT2D eigenvalue weighted by Crippen LogP contribution is -2.35. The molecule has 2 amide bonds. The van der Waals surface area contributed by atoms with Crippen molar-refractivity contribution in [2.24, 2.45) is 0 Å². The fourth-order valence-electron chi connectivity index (χ4n) is 3.92. The molecule has 0 spiro atoms. The number of hydrogen-bond donors (Lipinski definition) is 0. The lowest BCUT2D eigenvalue weighted by molar-refractivity contribution is -0.120. The first-order chi connectivity index (χ1) is 15.6. The lowest BCUT2D eigenvalue weighted by Gasteiger charge is -2.25. The number of carbonyl (C=O) groups excluding carboxylic acids is 2. The zero-order valence-electron chi connectivity index (χ0n) is 18.3. The predicted molar refractivity (Wildman–Crippen MR) is 126 cm³/mol. The molecule has 0 unspecified atom stereocenters. The normalized spacial score (nSPS) is 13.6. The van der Waals surface area contributed by atoms with Gasteiger partial charge in [0.15, 0.2) is 0 Å². The Bertz CT molecular complexity index is 1120. The third kappa shape index (κ3) is 4.14. The summed E-state index contributed by atoms with van der Waals surface area (Å²) in [6, 6.07) is 26.4. The molecule has 0 bridgehead atoms. The second-order valence-electron chi connectivity index (χ2n) is 7.46. The number of likely N-dealkylation sites (N-methyl/N-ethyl adjacent to an activating group) is 1. The van der Waals surface area contributed by atoms with Gasteiger partial charge >= 0.3 is 0 Å². The van der Waals surface area contributed by atoms with Gasteiger partial charge in [0.1, 0.15) is 11.4 Å². The van der Waals surface area contributed by atoms with Crippen LogP contribution in [0.5, 0.6) is 5.75 Å². The van der Waals surface area contributed by atoms with Crippen LogP contribution in [0.2, 0.25) is 0 Å². The average molecular weight is 427 g/mol. The number of imide groups is 1. The molecule has 1 heterocycles. The molecule has 3 aromatic carbocycles. The number of nitrogens with zero attached hydrogens (tertiary/aromatic N) is 2. The number of amides is 2. The molecule has 5 nitrogen and oxygen atoms in total. The Hall–Kier alpha value is -3.86. The van der Waals surface area contributed by atoms with Gasteiger partial charge in [-0.05, 0) is 49.2 Å². The Balaban J connectivity index is 1.76. The summed E-state index contributed by atoms with van der Waals surface area (Å²) in [6.45, 7) is 5.59. The number of benzene rings is 3. The van der Waals surface area contributed by atoms with Crippen molar-refractivity contribution < 1.29 is 14.3 Å². The summed E-state index contributed by atoms with van der Waals surface area (Å²) < 4.78 is 5.50. The van der Waals surface area contributed by atoms with E-state index in [0.717, 1.165) is 11.1 Å². The summed E-state index contributed by atoms with van der Waals surface area (Å²) in [5.74, 6) is 0.0775. The minimum Gasteiger partial charge on any atom is -0.494 e. The van der Waals surface area contributed by atoms with Crippen molar-refractivity contribution in [2.45, 2.75) is 20.4 Å². The minimum atomic E-state index is -0.313. The molecule has 5 heteroatoms. The van der Waals surface area contributed by atoms with Crippen LogP contribution in [-0.2, 0) is 16.1 Å². The van der Waals surface area contributed by atoms with Crippen molar-refractivity contribution in [1.82, 2.24) is 4.90 Å². The van der Waals surface area contributed by atoms with E-state index in [-0.39, 0.29) is 11.8 Å². The molecule has 0 radical (unpaired) electrons. The molecule has 162 valence electrons. The van der Waals surface area contributed by atoms with E-state index in [1.54, 1.807) is 24.3 Å². The number of hydrogen-bond acceptors (Lipinski definition) is 4. The molecule has 0 atom stereocenters. The molecule has 0 aromatic heterocycles. The second kappa shape index (κ2) is 9.52. The monoisotopic (exact) mass is 426 g/mol. The zero-order chi connectivity index (χ0) is 22.5. The second-order valence-corrected chi connectivity index (χ2v) is 7.46.